The van der Waals surface area contributed by atoms with Gasteiger partial charge < -0.3 is 0 Å². The lowest BCUT2D eigenvalue weighted by Gasteiger charge is -2.11. The Balaban J connectivity index is 1.81. The van der Waals surface area contributed by atoms with Crippen LogP contribution in [-0.4, -0.2) is 30.3 Å². The minimum absolute atomic E-state index is 0.0234. The summed E-state index contributed by atoms with van der Waals surface area (Å²) < 4.78 is 1.39. The maximum absolute atomic E-state index is 13.7. The number of fused-ring (bicyclic) bond motifs is 2. The fourth-order valence-corrected chi connectivity index (χ4v) is 3.94. The number of nitro groups is 1. The van der Waals surface area contributed by atoms with Crippen LogP contribution < -0.4 is 0 Å². The predicted molar refractivity (Wildman–Crippen MR) is 125 cm³/mol. The van der Waals surface area contributed by atoms with Crippen LogP contribution in [0.4, 0.5) is 5.69 Å². The molecule has 2 heterocycles. The number of hydrogen-bond acceptors (Lipinski definition) is 6. The third-order valence-electron chi connectivity index (χ3n) is 5.76. The maximum atomic E-state index is 13.7. The molecule has 0 bridgehead atoms. The van der Waals surface area contributed by atoms with Crippen molar-refractivity contribution >= 4 is 33.7 Å². The number of nitro benzene ring substituents is 1. The number of imidazole rings is 1. The lowest BCUT2D eigenvalue weighted by molar-refractivity contribution is -0.385. The fourth-order valence-electron chi connectivity index (χ4n) is 3.94. The molecule has 0 aliphatic heterocycles. The summed E-state index contributed by atoms with van der Waals surface area (Å²) in [6.45, 7) is 5.84. The molecule has 0 aliphatic rings. The third-order valence-corrected chi connectivity index (χ3v) is 5.76. The normalized spacial score (nSPS) is 11.2. The van der Waals surface area contributed by atoms with Crippen molar-refractivity contribution in [2.24, 2.45) is 0 Å². The first-order valence-electron chi connectivity index (χ1n) is 10.4. The monoisotopic (exact) mass is 437 g/mol. The largest absolute Gasteiger partial charge is 0.282 e. The first-order chi connectivity index (χ1) is 15.8. The van der Waals surface area contributed by atoms with Gasteiger partial charge in [-0.3, -0.25) is 19.5 Å². The number of nitrogens with zero attached hydrogens (tertiary/aromatic N) is 5. The maximum Gasteiger partial charge on any atom is 0.282 e. The molecule has 0 fully saturated rings. The van der Waals surface area contributed by atoms with Crippen LogP contribution in [0.1, 0.15) is 27.2 Å². The number of benzene rings is 3. The Morgan fingerprint density at radius 2 is 1.48 bits per heavy atom. The molecule has 0 aliphatic carbocycles. The molecule has 0 unspecified atom stereocenters. The molecule has 8 nitrogen and oxygen atoms in total. The highest BCUT2D eigenvalue weighted by molar-refractivity contribution is 6.06. The van der Waals surface area contributed by atoms with Gasteiger partial charge in [0.2, 0.25) is 0 Å². The molecule has 2 aromatic heterocycles. The van der Waals surface area contributed by atoms with E-state index in [-0.39, 0.29) is 11.3 Å². The number of aryl methyl sites for hydroxylation is 3. The number of carbonyl (C=O) groups is 1. The van der Waals surface area contributed by atoms with Crippen LogP contribution in [0.2, 0.25) is 0 Å². The van der Waals surface area contributed by atoms with Gasteiger partial charge in [0.25, 0.3) is 11.6 Å². The van der Waals surface area contributed by atoms with Gasteiger partial charge in [-0.2, -0.15) is 0 Å². The van der Waals surface area contributed by atoms with Crippen LogP contribution >= 0.6 is 0 Å². The minimum atomic E-state index is -0.557. The molecule has 162 valence electrons. The fraction of sp³-hybridized carbons (Fsp3) is 0.120. The highest BCUT2D eigenvalue weighted by atomic mass is 16.6. The molecule has 8 heteroatoms. The van der Waals surface area contributed by atoms with Gasteiger partial charge in [-0.1, -0.05) is 24.3 Å². The van der Waals surface area contributed by atoms with Crippen LogP contribution in [0.5, 0.6) is 0 Å². The van der Waals surface area contributed by atoms with Gasteiger partial charge in [-0.15, -0.1) is 0 Å². The molecule has 0 amide bonds. The zero-order chi connectivity index (χ0) is 23.3. The van der Waals surface area contributed by atoms with Crippen molar-refractivity contribution in [3.63, 3.8) is 0 Å². The number of para-hydroxylation sites is 3. The Hall–Kier alpha value is -4.46. The Kier molecular flexibility index (Phi) is 4.70. The van der Waals surface area contributed by atoms with Crippen LogP contribution in [0, 0.1) is 30.9 Å². The Morgan fingerprint density at radius 1 is 0.848 bits per heavy atom. The molecule has 5 aromatic rings. The van der Waals surface area contributed by atoms with E-state index in [0.717, 1.165) is 16.6 Å². The molecule has 3 aromatic carbocycles. The summed E-state index contributed by atoms with van der Waals surface area (Å²) in [4.78, 5) is 38.9. The highest BCUT2D eigenvalue weighted by Crippen LogP contribution is 2.30. The Morgan fingerprint density at radius 3 is 2.21 bits per heavy atom. The van der Waals surface area contributed by atoms with Crippen LogP contribution in [0.15, 0.2) is 60.7 Å². The second kappa shape index (κ2) is 7.59. The minimum Gasteiger partial charge on any atom is -0.268 e. The van der Waals surface area contributed by atoms with E-state index < -0.39 is 10.8 Å². The van der Waals surface area contributed by atoms with E-state index in [0.29, 0.717) is 33.8 Å². The molecule has 33 heavy (non-hydrogen) atoms. The van der Waals surface area contributed by atoms with E-state index >= 15 is 0 Å². The molecule has 0 atom stereocenters. The quantitative estimate of drug-likeness (QED) is 0.285. The lowest BCUT2D eigenvalue weighted by atomic mass is 10.1. The van der Waals surface area contributed by atoms with Crippen LogP contribution in [-0.2, 0) is 0 Å². The van der Waals surface area contributed by atoms with Gasteiger partial charge in [0.15, 0.2) is 5.82 Å². The summed E-state index contributed by atoms with van der Waals surface area (Å²) >= 11 is 0. The number of rotatable bonds is 3. The van der Waals surface area contributed by atoms with Gasteiger partial charge >= 0.3 is 0 Å². The average molecular weight is 437 g/mol. The van der Waals surface area contributed by atoms with Crippen LogP contribution in [0.25, 0.3) is 33.6 Å². The second-order valence-corrected chi connectivity index (χ2v) is 7.92. The first kappa shape index (κ1) is 20.4. The van der Waals surface area contributed by atoms with Crippen LogP contribution in [0.3, 0.4) is 0 Å². The molecule has 0 spiro atoms. The zero-order valence-corrected chi connectivity index (χ0v) is 18.2. The van der Waals surface area contributed by atoms with Gasteiger partial charge in [-0.05, 0) is 62.2 Å². The van der Waals surface area contributed by atoms with Gasteiger partial charge in [0, 0.05) is 6.07 Å². The smallest absolute Gasteiger partial charge is 0.268 e. The second-order valence-electron chi connectivity index (χ2n) is 7.92. The van der Waals surface area contributed by atoms with Crippen molar-refractivity contribution < 1.29 is 9.72 Å². The SMILES string of the molecule is Cc1cc2nc(C)c(-c3nc4ccccc4n3C(=O)c3ccccc3[N+](=O)[O-])nc2cc1C. The summed E-state index contributed by atoms with van der Waals surface area (Å²) in [6.07, 6.45) is 0. The molecule has 0 N–H and O–H groups in total. The summed E-state index contributed by atoms with van der Waals surface area (Å²) in [5.74, 6) is -0.253. The highest BCUT2D eigenvalue weighted by Gasteiger charge is 2.27. The van der Waals surface area contributed by atoms with Crippen molar-refractivity contribution in [3.05, 3.63) is 93.2 Å². The summed E-state index contributed by atoms with van der Waals surface area (Å²) in [7, 11) is 0. The Bertz CT molecular complexity index is 1600. The molecule has 5 rings (SSSR count). The van der Waals surface area contributed by atoms with E-state index in [1.54, 1.807) is 24.3 Å². The molecular weight excluding hydrogens is 418 g/mol. The van der Waals surface area contributed by atoms with E-state index in [1.165, 1.54) is 22.8 Å². The van der Waals surface area contributed by atoms with E-state index in [1.807, 2.05) is 39.0 Å². The predicted octanol–water partition coefficient (Wildman–Crippen LogP) is 5.17. The standard InChI is InChI=1S/C25H19N5O3/c1-14-12-19-20(13-15(14)2)27-23(16(3)26-19)24-28-18-9-5-7-11-22(18)29(24)25(31)17-8-4-6-10-21(17)30(32)33/h4-13H,1-3H3. The number of carbonyl (C=O) groups excluding carboxylic acids is 1. The van der Waals surface area contributed by atoms with E-state index in [9.17, 15) is 14.9 Å². The number of aromatic nitrogens is 4. The van der Waals surface area contributed by atoms with E-state index in [2.05, 4.69) is 4.98 Å². The third kappa shape index (κ3) is 3.32. The van der Waals surface area contributed by atoms with Crippen molar-refractivity contribution in [1.29, 1.82) is 0 Å². The lowest BCUT2D eigenvalue weighted by Crippen LogP contribution is -2.16. The molecular formula is C25H19N5O3. The average Bonchev–Trinajstić information content (AvgIpc) is 3.18. The first-order valence-corrected chi connectivity index (χ1v) is 10.4. The van der Waals surface area contributed by atoms with Gasteiger partial charge in [0.1, 0.15) is 11.3 Å². The topological polar surface area (TPSA) is 104 Å². The zero-order valence-electron chi connectivity index (χ0n) is 18.2. The molecule has 0 radical (unpaired) electrons. The van der Waals surface area contributed by atoms with Crippen molar-refractivity contribution in [2.75, 3.05) is 0 Å². The summed E-state index contributed by atoms with van der Waals surface area (Å²) in [5.41, 5.74) is 5.54. The van der Waals surface area contributed by atoms with Crippen molar-refractivity contribution in [2.45, 2.75) is 20.8 Å². The summed E-state index contributed by atoms with van der Waals surface area (Å²) in [5, 5.41) is 11.6. The number of hydrogen-bond donors (Lipinski definition) is 0. The van der Waals surface area contributed by atoms with Crippen molar-refractivity contribution in [1.82, 2.24) is 19.5 Å². The van der Waals surface area contributed by atoms with Crippen molar-refractivity contribution in [3.8, 4) is 11.5 Å². The molecule has 0 saturated heterocycles. The Labute approximate surface area is 188 Å². The molecule has 0 saturated carbocycles. The van der Waals surface area contributed by atoms with Gasteiger partial charge in [0.05, 0.1) is 32.7 Å². The van der Waals surface area contributed by atoms with Gasteiger partial charge in [-0.25, -0.2) is 15.0 Å². The summed E-state index contributed by atoms with van der Waals surface area (Å²) in [6, 6.07) is 17.0. The van der Waals surface area contributed by atoms with E-state index in [4.69, 9.17) is 9.97 Å².